The van der Waals surface area contributed by atoms with Gasteiger partial charge in [-0.25, -0.2) is 22.3 Å². The lowest BCUT2D eigenvalue weighted by molar-refractivity contribution is 0.0691. The minimum Gasteiger partial charge on any atom is -0.478 e. The third kappa shape index (κ3) is 2.75. The number of hydrogen-bond acceptors (Lipinski definition) is 4. The molecule has 1 aliphatic carbocycles. The number of nitrogens with one attached hydrogen (secondary N) is 1. The molecule has 1 saturated carbocycles. The number of aliphatic hydroxyl groups is 1. The lowest BCUT2D eigenvalue weighted by atomic mass is 10.2. The zero-order chi connectivity index (χ0) is 14.3. The molecule has 8 heteroatoms. The van der Waals surface area contributed by atoms with E-state index in [2.05, 4.69) is 4.72 Å². The van der Waals surface area contributed by atoms with Crippen molar-refractivity contribution in [3.8, 4) is 0 Å². The summed E-state index contributed by atoms with van der Waals surface area (Å²) in [7, 11) is -3.98. The van der Waals surface area contributed by atoms with Crippen molar-refractivity contribution in [2.75, 3.05) is 6.61 Å². The number of sulfonamides is 1. The summed E-state index contributed by atoms with van der Waals surface area (Å²) in [6.45, 7) is -0.334. The maximum absolute atomic E-state index is 13.2. The van der Waals surface area contributed by atoms with Crippen LogP contribution in [0, 0.1) is 5.82 Å². The SMILES string of the molecule is O=C(O)c1cc(S(=O)(=O)NC2(CO)CC2)ccc1F. The maximum atomic E-state index is 13.2. The van der Waals surface area contributed by atoms with Crippen LogP contribution in [0.4, 0.5) is 4.39 Å². The molecule has 0 atom stereocenters. The fourth-order valence-electron chi connectivity index (χ4n) is 1.62. The van der Waals surface area contributed by atoms with Gasteiger partial charge < -0.3 is 10.2 Å². The summed E-state index contributed by atoms with van der Waals surface area (Å²) in [6, 6.07) is 2.53. The molecule has 0 spiro atoms. The Morgan fingerprint density at radius 2 is 2.05 bits per heavy atom. The maximum Gasteiger partial charge on any atom is 0.338 e. The predicted molar refractivity (Wildman–Crippen MR) is 62.7 cm³/mol. The highest BCUT2D eigenvalue weighted by Gasteiger charge is 2.45. The molecule has 6 nitrogen and oxygen atoms in total. The van der Waals surface area contributed by atoms with E-state index in [-0.39, 0.29) is 11.5 Å². The van der Waals surface area contributed by atoms with Gasteiger partial charge in [0.1, 0.15) is 5.82 Å². The van der Waals surface area contributed by atoms with Crippen LogP contribution in [0.3, 0.4) is 0 Å². The lowest BCUT2D eigenvalue weighted by Crippen LogP contribution is -2.39. The smallest absolute Gasteiger partial charge is 0.338 e. The second kappa shape index (κ2) is 4.55. The molecule has 0 aliphatic heterocycles. The molecule has 0 aromatic heterocycles. The Hall–Kier alpha value is -1.51. The van der Waals surface area contributed by atoms with E-state index in [0.717, 1.165) is 18.2 Å². The second-order valence-electron chi connectivity index (χ2n) is 4.49. The first-order valence-electron chi connectivity index (χ1n) is 5.47. The molecule has 0 heterocycles. The van der Waals surface area contributed by atoms with Crippen molar-refractivity contribution >= 4 is 16.0 Å². The van der Waals surface area contributed by atoms with E-state index < -0.39 is 32.9 Å². The van der Waals surface area contributed by atoms with Crippen LogP contribution in [-0.2, 0) is 10.0 Å². The zero-order valence-electron chi connectivity index (χ0n) is 9.76. The first-order chi connectivity index (χ1) is 8.80. The van der Waals surface area contributed by atoms with Gasteiger partial charge in [0.05, 0.1) is 22.6 Å². The van der Waals surface area contributed by atoms with Gasteiger partial charge in [-0.3, -0.25) is 0 Å². The molecule has 104 valence electrons. The molecular weight excluding hydrogens is 277 g/mol. The highest BCUT2D eigenvalue weighted by Crippen LogP contribution is 2.36. The standard InChI is InChI=1S/C11H12FNO5S/c12-9-2-1-7(5-8(9)10(15)16)19(17,18)13-11(6-14)3-4-11/h1-2,5,13-14H,3-4,6H2,(H,15,16). The number of aromatic carboxylic acids is 1. The van der Waals surface area contributed by atoms with Gasteiger partial charge >= 0.3 is 5.97 Å². The van der Waals surface area contributed by atoms with Gasteiger partial charge in [0, 0.05) is 0 Å². The predicted octanol–water partition coefficient (Wildman–Crippen LogP) is 0.327. The topological polar surface area (TPSA) is 104 Å². The van der Waals surface area contributed by atoms with Gasteiger partial charge in [0.15, 0.2) is 0 Å². The third-order valence-electron chi connectivity index (χ3n) is 2.99. The van der Waals surface area contributed by atoms with Crippen molar-refractivity contribution in [2.24, 2.45) is 0 Å². The van der Waals surface area contributed by atoms with Crippen LogP contribution in [0.25, 0.3) is 0 Å². The zero-order valence-corrected chi connectivity index (χ0v) is 10.6. The first kappa shape index (κ1) is 13.9. The van der Waals surface area contributed by atoms with Crippen molar-refractivity contribution in [2.45, 2.75) is 23.3 Å². The first-order valence-corrected chi connectivity index (χ1v) is 6.96. The molecule has 0 saturated heterocycles. The number of rotatable bonds is 5. The van der Waals surface area contributed by atoms with Crippen molar-refractivity contribution in [3.63, 3.8) is 0 Å². The Balaban J connectivity index is 2.36. The molecule has 1 aromatic rings. The molecule has 1 aromatic carbocycles. The van der Waals surface area contributed by atoms with Crippen LogP contribution in [0.5, 0.6) is 0 Å². The molecule has 19 heavy (non-hydrogen) atoms. The number of benzene rings is 1. The summed E-state index contributed by atoms with van der Waals surface area (Å²) in [5, 5.41) is 17.8. The number of hydrogen-bond donors (Lipinski definition) is 3. The molecule has 0 unspecified atom stereocenters. The minimum absolute atomic E-state index is 0.334. The molecule has 0 bridgehead atoms. The van der Waals surface area contributed by atoms with Crippen LogP contribution in [0.1, 0.15) is 23.2 Å². The van der Waals surface area contributed by atoms with E-state index in [1.54, 1.807) is 0 Å². The summed E-state index contributed by atoms with van der Waals surface area (Å²) in [6.07, 6.45) is 1.02. The Morgan fingerprint density at radius 3 is 2.53 bits per heavy atom. The fourth-order valence-corrected chi connectivity index (χ4v) is 3.10. The average Bonchev–Trinajstić information content (AvgIpc) is 3.08. The Kier molecular flexibility index (Phi) is 3.33. The van der Waals surface area contributed by atoms with Gasteiger partial charge in [-0.15, -0.1) is 0 Å². The molecular formula is C11H12FNO5S. The molecule has 1 aliphatic rings. The van der Waals surface area contributed by atoms with E-state index in [4.69, 9.17) is 10.2 Å². The van der Waals surface area contributed by atoms with Crippen LogP contribution < -0.4 is 4.72 Å². The Labute approximate surface area is 108 Å². The fraction of sp³-hybridized carbons (Fsp3) is 0.364. The molecule has 3 N–H and O–H groups in total. The van der Waals surface area contributed by atoms with Crippen molar-refractivity contribution in [3.05, 3.63) is 29.6 Å². The number of carbonyl (C=O) groups is 1. The number of halogens is 1. The van der Waals surface area contributed by atoms with E-state index in [1.807, 2.05) is 0 Å². The Morgan fingerprint density at radius 1 is 1.42 bits per heavy atom. The summed E-state index contributed by atoms with van der Waals surface area (Å²) in [5.74, 6) is -2.55. The normalized spacial score (nSPS) is 17.2. The molecule has 1 fully saturated rings. The molecule has 0 amide bonds. The summed E-state index contributed by atoms with van der Waals surface area (Å²) >= 11 is 0. The van der Waals surface area contributed by atoms with Crippen LogP contribution in [-0.4, -0.2) is 36.7 Å². The minimum atomic E-state index is -3.98. The van der Waals surface area contributed by atoms with E-state index in [1.165, 1.54) is 0 Å². The summed E-state index contributed by atoms with van der Waals surface area (Å²) < 4.78 is 39.5. The largest absolute Gasteiger partial charge is 0.478 e. The highest BCUT2D eigenvalue weighted by atomic mass is 32.2. The number of carboxylic acids is 1. The number of aliphatic hydroxyl groups excluding tert-OH is 1. The van der Waals surface area contributed by atoms with Gasteiger partial charge in [-0.1, -0.05) is 0 Å². The number of carboxylic acid groups (broad SMARTS) is 1. The molecule has 0 radical (unpaired) electrons. The third-order valence-corrected chi connectivity index (χ3v) is 4.56. The van der Waals surface area contributed by atoms with E-state index >= 15 is 0 Å². The monoisotopic (exact) mass is 289 g/mol. The summed E-state index contributed by atoms with van der Waals surface area (Å²) in [4.78, 5) is 10.4. The van der Waals surface area contributed by atoms with Gasteiger partial charge in [0.25, 0.3) is 0 Å². The van der Waals surface area contributed by atoms with Gasteiger partial charge in [-0.2, -0.15) is 0 Å². The van der Waals surface area contributed by atoms with Crippen molar-refractivity contribution in [1.29, 1.82) is 0 Å². The highest BCUT2D eigenvalue weighted by molar-refractivity contribution is 7.89. The lowest BCUT2D eigenvalue weighted by Gasteiger charge is -2.14. The van der Waals surface area contributed by atoms with Crippen LogP contribution in [0.2, 0.25) is 0 Å². The van der Waals surface area contributed by atoms with Gasteiger partial charge in [0.2, 0.25) is 10.0 Å². The van der Waals surface area contributed by atoms with Crippen molar-refractivity contribution in [1.82, 2.24) is 4.72 Å². The van der Waals surface area contributed by atoms with E-state index in [0.29, 0.717) is 12.8 Å². The summed E-state index contributed by atoms with van der Waals surface area (Å²) in [5.41, 5.74) is -1.58. The average molecular weight is 289 g/mol. The van der Waals surface area contributed by atoms with E-state index in [9.17, 15) is 17.6 Å². The van der Waals surface area contributed by atoms with Crippen molar-refractivity contribution < 1.29 is 27.8 Å². The van der Waals surface area contributed by atoms with Crippen LogP contribution >= 0.6 is 0 Å². The van der Waals surface area contributed by atoms with Crippen LogP contribution in [0.15, 0.2) is 23.1 Å². The van der Waals surface area contributed by atoms with Gasteiger partial charge in [-0.05, 0) is 31.0 Å². The molecule has 2 rings (SSSR count). The Bertz CT molecular complexity index is 624. The quantitative estimate of drug-likeness (QED) is 0.724. The second-order valence-corrected chi connectivity index (χ2v) is 6.17.